The molecule has 0 spiro atoms. The van der Waals surface area contributed by atoms with Gasteiger partial charge in [0.15, 0.2) is 5.13 Å². The summed E-state index contributed by atoms with van der Waals surface area (Å²) < 4.78 is 0. The molecular formula is C14H15N3O2S2. The van der Waals surface area contributed by atoms with E-state index in [9.17, 15) is 9.59 Å². The zero-order valence-corrected chi connectivity index (χ0v) is 12.9. The maximum atomic E-state index is 11.9. The third-order valence-electron chi connectivity index (χ3n) is 2.57. The fourth-order valence-corrected chi connectivity index (χ4v) is 2.92. The maximum Gasteiger partial charge on any atom is 0.267 e. The lowest BCUT2D eigenvalue weighted by Gasteiger charge is -2.00. The molecule has 0 saturated heterocycles. The number of rotatable bonds is 7. The minimum Gasteiger partial charge on any atom is -0.353 e. The van der Waals surface area contributed by atoms with Gasteiger partial charge in [0, 0.05) is 18.3 Å². The van der Waals surface area contributed by atoms with E-state index in [-0.39, 0.29) is 11.8 Å². The van der Waals surface area contributed by atoms with Gasteiger partial charge in [0.2, 0.25) is 5.91 Å². The number of nitrogens with zero attached hydrogens (tertiary/aromatic N) is 1. The van der Waals surface area contributed by atoms with Crippen molar-refractivity contribution in [1.82, 2.24) is 10.3 Å². The van der Waals surface area contributed by atoms with Crippen LogP contribution >= 0.6 is 22.7 Å². The molecule has 0 fully saturated rings. The van der Waals surface area contributed by atoms with Crippen molar-refractivity contribution in [2.45, 2.75) is 12.8 Å². The van der Waals surface area contributed by atoms with Crippen LogP contribution < -0.4 is 10.6 Å². The molecule has 0 unspecified atom stereocenters. The van der Waals surface area contributed by atoms with Crippen LogP contribution in [-0.2, 0) is 11.2 Å². The second kappa shape index (κ2) is 7.70. The number of aryl methyl sites for hydroxylation is 1. The Hall–Kier alpha value is -1.99. The lowest BCUT2D eigenvalue weighted by Crippen LogP contribution is -2.23. The lowest BCUT2D eigenvalue weighted by molar-refractivity contribution is -0.120. The molecule has 2 aromatic heterocycles. The van der Waals surface area contributed by atoms with Gasteiger partial charge in [-0.2, -0.15) is 0 Å². The number of aromatic nitrogens is 1. The Morgan fingerprint density at radius 3 is 2.95 bits per heavy atom. The van der Waals surface area contributed by atoms with Gasteiger partial charge in [-0.3, -0.25) is 14.9 Å². The van der Waals surface area contributed by atoms with Gasteiger partial charge in [-0.1, -0.05) is 12.1 Å². The number of nitrogens with one attached hydrogen (secondary N) is 2. The highest BCUT2D eigenvalue weighted by Crippen LogP contribution is 2.18. The molecule has 0 aliphatic rings. The molecule has 7 heteroatoms. The SMILES string of the molecule is C=CCNC(=O)CCc1csc(NC(=O)c2cccs2)n1. The molecular weight excluding hydrogens is 306 g/mol. The van der Waals surface area contributed by atoms with E-state index < -0.39 is 0 Å². The van der Waals surface area contributed by atoms with Gasteiger partial charge in [0.05, 0.1) is 10.6 Å². The van der Waals surface area contributed by atoms with Crippen LogP contribution in [0.25, 0.3) is 0 Å². The summed E-state index contributed by atoms with van der Waals surface area (Å²) in [5.41, 5.74) is 0.801. The van der Waals surface area contributed by atoms with E-state index in [1.807, 2.05) is 16.8 Å². The van der Waals surface area contributed by atoms with Gasteiger partial charge in [0.25, 0.3) is 5.91 Å². The molecule has 0 aromatic carbocycles. The summed E-state index contributed by atoms with van der Waals surface area (Å²) in [7, 11) is 0. The monoisotopic (exact) mass is 321 g/mol. The van der Waals surface area contributed by atoms with Crippen LogP contribution in [0, 0.1) is 0 Å². The fourth-order valence-electron chi connectivity index (χ4n) is 1.56. The van der Waals surface area contributed by atoms with E-state index in [1.54, 1.807) is 12.1 Å². The maximum absolute atomic E-state index is 11.9. The van der Waals surface area contributed by atoms with Crippen molar-refractivity contribution in [3.8, 4) is 0 Å². The van der Waals surface area contributed by atoms with Gasteiger partial charge in [-0.15, -0.1) is 29.3 Å². The molecule has 0 saturated carbocycles. The van der Waals surface area contributed by atoms with E-state index in [2.05, 4.69) is 22.2 Å². The molecule has 0 bridgehead atoms. The van der Waals surface area contributed by atoms with Gasteiger partial charge >= 0.3 is 0 Å². The van der Waals surface area contributed by atoms with Crippen molar-refractivity contribution >= 4 is 39.6 Å². The minimum atomic E-state index is -0.158. The number of thiophene rings is 1. The molecule has 0 radical (unpaired) electrons. The highest BCUT2D eigenvalue weighted by molar-refractivity contribution is 7.14. The third kappa shape index (κ3) is 4.80. The predicted octanol–water partition coefficient (Wildman–Crippen LogP) is 2.69. The van der Waals surface area contributed by atoms with Crippen molar-refractivity contribution in [2.75, 3.05) is 11.9 Å². The first kappa shape index (κ1) is 15.4. The van der Waals surface area contributed by atoms with Crippen molar-refractivity contribution < 1.29 is 9.59 Å². The van der Waals surface area contributed by atoms with Crippen LogP contribution in [0.4, 0.5) is 5.13 Å². The molecule has 2 rings (SSSR count). The molecule has 0 aliphatic carbocycles. The smallest absolute Gasteiger partial charge is 0.267 e. The van der Waals surface area contributed by atoms with Crippen LogP contribution in [0.1, 0.15) is 21.8 Å². The van der Waals surface area contributed by atoms with Crippen LogP contribution in [0.5, 0.6) is 0 Å². The van der Waals surface area contributed by atoms with E-state index in [0.717, 1.165) is 5.69 Å². The summed E-state index contributed by atoms with van der Waals surface area (Å²) in [6, 6.07) is 3.59. The first-order valence-corrected chi connectivity index (χ1v) is 8.12. The number of hydrogen-bond acceptors (Lipinski definition) is 5. The number of amides is 2. The van der Waals surface area contributed by atoms with E-state index in [0.29, 0.717) is 29.4 Å². The highest BCUT2D eigenvalue weighted by atomic mass is 32.1. The largest absolute Gasteiger partial charge is 0.353 e. The number of carbonyl (C=O) groups excluding carboxylic acids is 2. The summed E-state index contributed by atoms with van der Waals surface area (Å²) in [5.74, 6) is -0.193. The molecule has 2 N–H and O–H groups in total. The average Bonchev–Trinajstić information content (AvgIpc) is 3.14. The van der Waals surface area contributed by atoms with Crippen LogP contribution in [0.3, 0.4) is 0 Å². The molecule has 2 aromatic rings. The Bertz CT molecular complexity index is 620. The average molecular weight is 321 g/mol. The molecule has 110 valence electrons. The molecule has 21 heavy (non-hydrogen) atoms. The second-order valence-electron chi connectivity index (χ2n) is 4.17. The van der Waals surface area contributed by atoms with Crippen molar-refractivity contribution in [3.63, 3.8) is 0 Å². The standard InChI is InChI=1S/C14H15N3O2S2/c1-2-7-15-12(18)6-5-10-9-21-14(16-10)17-13(19)11-4-3-8-20-11/h2-4,8-9H,1,5-7H2,(H,15,18)(H,16,17,19). The quantitative estimate of drug-likeness (QED) is 0.770. The van der Waals surface area contributed by atoms with Gasteiger partial charge in [0.1, 0.15) is 0 Å². The molecule has 0 aliphatic heterocycles. The van der Waals surface area contributed by atoms with Gasteiger partial charge < -0.3 is 5.32 Å². The van der Waals surface area contributed by atoms with Crippen molar-refractivity contribution in [3.05, 3.63) is 46.1 Å². The molecule has 0 atom stereocenters. The Balaban J connectivity index is 1.82. The zero-order valence-electron chi connectivity index (χ0n) is 11.3. The van der Waals surface area contributed by atoms with Gasteiger partial charge in [-0.25, -0.2) is 4.98 Å². The Labute approximate surface area is 130 Å². The third-order valence-corrected chi connectivity index (χ3v) is 4.24. The number of hydrogen-bond donors (Lipinski definition) is 2. The van der Waals surface area contributed by atoms with Crippen LogP contribution in [0.2, 0.25) is 0 Å². The normalized spacial score (nSPS) is 10.1. The summed E-state index contributed by atoms with van der Waals surface area (Å²) in [6.45, 7) is 4.01. The molecule has 5 nitrogen and oxygen atoms in total. The first-order valence-electron chi connectivity index (χ1n) is 6.36. The Morgan fingerprint density at radius 2 is 2.24 bits per heavy atom. The summed E-state index contributed by atoms with van der Waals surface area (Å²) in [6.07, 6.45) is 2.56. The number of thiazole rings is 1. The Kier molecular flexibility index (Phi) is 5.65. The highest BCUT2D eigenvalue weighted by Gasteiger charge is 2.10. The number of anilines is 1. The minimum absolute atomic E-state index is 0.0351. The van der Waals surface area contributed by atoms with Crippen LogP contribution in [-0.4, -0.2) is 23.3 Å². The summed E-state index contributed by atoms with van der Waals surface area (Å²) in [4.78, 5) is 28.3. The predicted molar refractivity (Wildman–Crippen MR) is 85.9 cm³/mol. The van der Waals surface area contributed by atoms with Crippen LogP contribution in [0.15, 0.2) is 35.5 Å². The van der Waals surface area contributed by atoms with Gasteiger partial charge in [-0.05, 0) is 17.9 Å². The summed E-state index contributed by atoms with van der Waals surface area (Å²) >= 11 is 2.74. The van der Waals surface area contributed by atoms with E-state index in [4.69, 9.17) is 0 Å². The van der Waals surface area contributed by atoms with Crippen molar-refractivity contribution in [2.24, 2.45) is 0 Å². The first-order chi connectivity index (χ1) is 10.2. The van der Waals surface area contributed by atoms with Crippen molar-refractivity contribution in [1.29, 1.82) is 0 Å². The zero-order chi connectivity index (χ0) is 15.1. The Morgan fingerprint density at radius 1 is 1.38 bits per heavy atom. The van der Waals surface area contributed by atoms with E-state index >= 15 is 0 Å². The summed E-state index contributed by atoms with van der Waals surface area (Å²) in [5, 5.41) is 9.72. The molecule has 2 amide bonds. The lowest BCUT2D eigenvalue weighted by atomic mass is 10.2. The fraction of sp³-hybridized carbons (Fsp3) is 0.214. The topological polar surface area (TPSA) is 71.1 Å². The number of carbonyl (C=O) groups is 2. The second-order valence-corrected chi connectivity index (χ2v) is 5.97. The van der Waals surface area contributed by atoms with E-state index in [1.165, 1.54) is 22.7 Å². The molecule has 2 heterocycles.